The van der Waals surface area contributed by atoms with Gasteiger partial charge in [0, 0.05) is 30.0 Å². The summed E-state index contributed by atoms with van der Waals surface area (Å²) in [6.45, 7) is 11.8. The summed E-state index contributed by atoms with van der Waals surface area (Å²) < 4.78 is 5.58. The van der Waals surface area contributed by atoms with E-state index in [4.69, 9.17) is 4.74 Å². The van der Waals surface area contributed by atoms with Crippen LogP contribution in [0.25, 0.3) is 16.5 Å². The van der Waals surface area contributed by atoms with E-state index in [9.17, 15) is 4.79 Å². The third-order valence-electron chi connectivity index (χ3n) is 4.57. The number of carbonyl (C=O) groups is 1. The third-order valence-corrected chi connectivity index (χ3v) is 4.57. The Morgan fingerprint density at radius 1 is 1.38 bits per heavy atom. The van der Waals surface area contributed by atoms with E-state index in [0.29, 0.717) is 0 Å². The van der Waals surface area contributed by atoms with Gasteiger partial charge in [-0.05, 0) is 30.5 Å². The number of amides is 1. The molecule has 0 radical (unpaired) electrons. The first-order valence-electron chi connectivity index (χ1n) is 8.93. The van der Waals surface area contributed by atoms with Crippen LogP contribution >= 0.6 is 0 Å². The van der Waals surface area contributed by atoms with Crippen LogP contribution in [-0.2, 0) is 4.79 Å². The molecule has 0 aliphatic rings. The largest absolute Gasteiger partial charge is 0.496 e. The quantitative estimate of drug-likeness (QED) is 0.675. The number of fused-ring (bicyclic) bond motifs is 1. The molecule has 4 heteroatoms. The number of carbonyl (C=O) groups excluding carboxylic acids is 1. The van der Waals surface area contributed by atoms with Crippen molar-refractivity contribution in [2.45, 2.75) is 34.1 Å². The second-order valence-corrected chi connectivity index (χ2v) is 6.66. The monoisotopic (exact) mass is 352 g/mol. The van der Waals surface area contributed by atoms with Crippen LogP contribution in [0.1, 0.15) is 38.3 Å². The summed E-state index contributed by atoms with van der Waals surface area (Å²) in [5, 5.41) is 1.01. The minimum atomic E-state index is -0.0682. The average Bonchev–Trinajstić information content (AvgIpc) is 2.64. The van der Waals surface area contributed by atoms with Gasteiger partial charge < -0.3 is 9.64 Å². The molecule has 0 saturated carbocycles. The molecule has 1 amide bonds. The maximum Gasteiger partial charge on any atom is 0.229 e. The average molecular weight is 352 g/mol. The standard InChI is InChI=1S/C22H28N2O2/c1-8-10-16(9-2)18-11-17-15(5)20(24(6)22(25)14(3)4)13-23-19(17)12-21(18)26-7/h9-14H,2,8H2,1,3-7H3/b16-10+. The molecule has 0 aliphatic carbocycles. The lowest BCUT2D eigenvalue weighted by atomic mass is 9.98. The van der Waals surface area contributed by atoms with Crippen LogP contribution in [0.2, 0.25) is 0 Å². The predicted molar refractivity (Wildman–Crippen MR) is 110 cm³/mol. The summed E-state index contributed by atoms with van der Waals surface area (Å²) >= 11 is 0. The number of anilines is 1. The van der Waals surface area contributed by atoms with Crippen molar-refractivity contribution >= 4 is 28.1 Å². The van der Waals surface area contributed by atoms with Crippen molar-refractivity contribution in [3.63, 3.8) is 0 Å². The zero-order valence-electron chi connectivity index (χ0n) is 16.6. The number of aryl methyl sites for hydroxylation is 1. The number of hydrogen-bond acceptors (Lipinski definition) is 3. The molecule has 0 N–H and O–H groups in total. The predicted octanol–water partition coefficient (Wildman–Crippen LogP) is 5.15. The zero-order valence-corrected chi connectivity index (χ0v) is 16.6. The first-order valence-corrected chi connectivity index (χ1v) is 8.93. The lowest BCUT2D eigenvalue weighted by Crippen LogP contribution is -2.30. The highest BCUT2D eigenvalue weighted by atomic mass is 16.5. The van der Waals surface area contributed by atoms with Gasteiger partial charge in [-0.25, -0.2) is 0 Å². The molecule has 2 aromatic rings. The smallest absolute Gasteiger partial charge is 0.229 e. The Morgan fingerprint density at radius 3 is 2.62 bits per heavy atom. The van der Waals surface area contributed by atoms with Crippen LogP contribution in [-0.4, -0.2) is 25.0 Å². The normalized spacial score (nSPS) is 11.7. The Labute approximate surface area is 156 Å². The number of methoxy groups -OCH3 is 1. The van der Waals surface area contributed by atoms with E-state index in [1.165, 1.54) is 0 Å². The molecule has 138 valence electrons. The van der Waals surface area contributed by atoms with Crippen molar-refractivity contribution < 1.29 is 9.53 Å². The number of ether oxygens (including phenoxy) is 1. The fraction of sp³-hybridized carbons (Fsp3) is 0.364. The first kappa shape index (κ1) is 19.7. The molecule has 0 spiro atoms. The number of allylic oxidation sites excluding steroid dienone is 3. The summed E-state index contributed by atoms with van der Waals surface area (Å²) in [6, 6.07) is 4.02. The van der Waals surface area contributed by atoms with Gasteiger partial charge in [-0.1, -0.05) is 39.5 Å². The highest BCUT2D eigenvalue weighted by Gasteiger charge is 2.19. The molecule has 0 unspecified atom stereocenters. The second-order valence-electron chi connectivity index (χ2n) is 6.66. The summed E-state index contributed by atoms with van der Waals surface area (Å²) in [5.41, 5.74) is 4.71. The molecule has 4 nitrogen and oxygen atoms in total. The van der Waals surface area contributed by atoms with Gasteiger partial charge in [0.2, 0.25) is 5.91 Å². The third kappa shape index (κ3) is 3.64. The molecule has 0 atom stereocenters. The van der Waals surface area contributed by atoms with Gasteiger partial charge >= 0.3 is 0 Å². The molecule has 0 saturated heterocycles. The molecule has 1 aromatic carbocycles. The molecule has 2 rings (SSSR count). The van der Waals surface area contributed by atoms with Gasteiger partial charge in [0.05, 0.1) is 24.5 Å². The number of rotatable bonds is 6. The summed E-state index contributed by atoms with van der Waals surface area (Å²) in [7, 11) is 3.46. The maximum absolute atomic E-state index is 12.4. The van der Waals surface area contributed by atoms with E-state index >= 15 is 0 Å². The van der Waals surface area contributed by atoms with Gasteiger partial charge in [0.1, 0.15) is 5.75 Å². The van der Waals surface area contributed by atoms with Gasteiger partial charge in [0.15, 0.2) is 0 Å². The van der Waals surface area contributed by atoms with Crippen LogP contribution < -0.4 is 9.64 Å². The van der Waals surface area contributed by atoms with Gasteiger partial charge in [-0.2, -0.15) is 0 Å². The van der Waals surface area contributed by atoms with E-state index in [0.717, 1.165) is 45.5 Å². The number of pyridine rings is 1. The van der Waals surface area contributed by atoms with Gasteiger partial charge in [-0.3, -0.25) is 9.78 Å². The van der Waals surface area contributed by atoms with Crippen LogP contribution in [0.3, 0.4) is 0 Å². The molecule has 0 bridgehead atoms. The van der Waals surface area contributed by atoms with Crippen molar-refractivity contribution in [2.24, 2.45) is 5.92 Å². The second kappa shape index (κ2) is 8.17. The Kier molecular flexibility index (Phi) is 6.19. The number of nitrogens with zero attached hydrogens (tertiary/aromatic N) is 2. The van der Waals surface area contributed by atoms with Crippen molar-refractivity contribution in [1.29, 1.82) is 0 Å². The lowest BCUT2D eigenvalue weighted by molar-refractivity contribution is -0.121. The lowest BCUT2D eigenvalue weighted by Gasteiger charge is -2.22. The fourth-order valence-corrected chi connectivity index (χ4v) is 3.10. The van der Waals surface area contributed by atoms with E-state index < -0.39 is 0 Å². The van der Waals surface area contributed by atoms with Gasteiger partial charge in [0.25, 0.3) is 0 Å². The topological polar surface area (TPSA) is 42.4 Å². The maximum atomic E-state index is 12.4. The van der Waals surface area contributed by atoms with Crippen molar-refractivity contribution in [3.05, 3.63) is 48.2 Å². The molecule has 26 heavy (non-hydrogen) atoms. The number of aromatic nitrogens is 1. The number of hydrogen-bond donors (Lipinski definition) is 0. The Morgan fingerprint density at radius 2 is 2.08 bits per heavy atom. The molecule has 1 heterocycles. The van der Waals surface area contributed by atoms with Crippen LogP contribution in [0.4, 0.5) is 5.69 Å². The Bertz CT molecular complexity index is 866. The van der Waals surface area contributed by atoms with E-state index in [1.807, 2.05) is 32.9 Å². The molecule has 0 fully saturated rings. The van der Waals surface area contributed by atoms with Crippen molar-refractivity contribution in [2.75, 3.05) is 19.1 Å². The summed E-state index contributed by atoms with van der Waals surface area (Å²) in [6.07, 6.45) is 6.63. The highest BCUT2D eigenvalue weighted by Crippen LogP contribution is 2.35. The molecular weight excluding hydrogens is 324 g/mol. The number of benzene rings is 1. The van der Waals surface area contributed by atoms with E-state index in [2.05, 4.69) is 30.6 Å². The van der Waals surface area contributed by atoms with Crippen LogP contribution in [0.15, 0.2) is 37.1 Å². The SMILES string of the molecule is C=C/C(=C\CC)c1cc2c(C)c(N(C)C(=O)C(C)C)cnc2cc1OC. The summed E-state index contributed by atoms with van der Waals surface area (Å²) in [5.74, 6) is 0.769. The molecular formula is C22H28N2O2. The Balaban J connectivity index is 2.71. The zero-order chi connectivity index (χ0) is 19.4. The Hall–Kier alpha value is -2.62. The molecule has 1 aromatic heterocycles. The van der Waals surface area contributed by atoms with Crippen LogP contribution in [0.5, 0.6) is 5.75 Å². The summed E-state index contributed by atoms with van der Waals surface area (Å²) in [4.78, 5) is 18.6. The van der Waals surface area contributed by atoms with E-state index in [-0.39, 0.29) is 11.8 Å². The van der Waals surface area contributed by atoms with Crippen molar-refractivity contribution in [1.82, 2.24) is 4.98 Å². The van der Waals surface area contributed by atoms with E-state index in [1.54, 1.807) is 25.3 Å². The van der Waals surface area contributed by atoms with Gasteiger partial charge in [-0.15, -0.1) is 0 Å². The van der Waals surface area contributed by atoms with Crippen LogP contribution in [0, 0.1) is 12.8 Å². The van der Waals surface area contributed by atoms with Crippen molar-refractivity contribution in [3.8, 4) is 5.75 Å². The fourth-order valence-electron chi connectivity index (χ4n) is 3.10. The first-order chi connectivity index (χ1) is 12.3. The highest BCUT2D eigenvalue weighted by molar-refractivity contribution is 5.99. The minimum Gasteiger partial charge on any atom is -0.496 e. The minimum absolute atomic E-state index is 0.0682. The molecule has 0 aliphatic heterocycles.